The lowest BCUT2D eigenvalue weighted by Crippen LogP contribution is -2.45. The molecule has 1 aromatic rings. The third kappa shape index (κ3) is 2.97. The second kappa shape index (κ2) is 4.92. The Morgan fingerprint density at radius 1 is 1.42 bits per heavy atom. The van der Waals surface area contributed by atoms with Gasteiger partial charge in [0.2, 0.25) is 5.91 Å². The Morgan fingerprint density at radius 3 is 2.42 bits per heavy atom. The maximum absolute atomic E-state index is 11.2. The number of anilines is 1. The molecule has 1 aromatic carbocycles. The van der Waals surface area contributed by atoms with Gasteiger partial charge in [-0.15, -0.1) is 0 Å². The number of rotatable bonds is 5. The van der Waals surface area contributed by atoms with E-state index in [0.29, 0.717) is 0 Å². The summed E-state index contributed by atoms with van der Waals surface area (Å²) in [6.07, 6.45) is 0. The van der Waals surface area contributed by atoms with Crippen molar-refractivity contribution in [3.8, 4) is 0 Å². The molecule has 0 radical (unpaired) electrons. The van der Waals surface area contributed by atoms with Gasteiger partial charge in [0.05, 0.1) is 10.5 Å². The van der Waals surface area contributed by atoms with Crippen molar-refractivity contribution in [2.45, 2.75) is 19.4 Å². The minimum atomic E-state index is -1.34. The monoisotopic (exact) mass is 267 g/mol. The molecule has 0 aliphatic heterocycles. The quantitative estimate of drug-likeness (QED) is 0.537. The van der Waals surface area contributed by atoms with Crippen molar-refractivity contribution in [1.82, 2.24) is 0 Å². The first-order valence-electron chi connectivity index (χ1n) is 5.25. The number of carbonyl (C=O) groups excluding carboxylic acids is 1. The van der Waals surface area contributed by atoms with E-state index in [-0.39, 0.29) is 11.3 Å². The van der Waals surface area contributed by atoms with Gasteiger partial charge in [0.25, 0.3) is 5.69 Å². The molecule has 0 unspecified atom stereocenters. The van der Waals surface area contributed by atoms with Crippen LogP contribution in [-0.2, 0) is 4.79 Å². The van der Waals surface area contributed by atoms with Crippen LogP contribution >= 0.6 is 0 Å². The molecule has 1 rings (SSSR count). The Hall–Kier alpha value is -2.64. The second-order valence-electron chi connectivity index (χ2n) is 4.38. The van der Waals surface area contributed by atoms with Crippen LogP contribution in [0, 0.1) is 10.1 Å². The zero-order chi connectivity index (χ0) is 14.8. The smallest absolute Gasteiger partial charge is 0.338 e. The molecule has 0 atom stereocenters. The van der Waals surface area contributed by atoms with Crippen molar-refractivity contribution in [2.75, 3.05) is 5.32 Å². The number of para-hydroxylation sites is 1. The van der Waals surface area contributed by atoms with Gasteiger partial charge in [0, 0.05) is 6.07 Å². The average molecular weight is 267 g/mol. The van der Waals surface area contributed by atoms with Crippen LogP contribution in [0.1, 0.15) is 24.2 Å². The summed E-state index contributed by atoms with van der Waals surface area (Å²) in [4.78, 5) is 32.5. The molecule has 4 N–H and O–H groups in total. The van der Waals surface area contributed by atoms with Crippen LogP contribution in [0.2, 0.25) is 0 Å². The number of carbonyl (C=O) groups is 2. The molecule has 8 heteroatoms. The molecule has 0 heterocycles. The van der Waals surface area contributed by atoms with Gasteiger partial charge in [0.1, 0.15) is 11.2 Å². The van der Waals surface area contributed by atoms with Crippen molar-refractivity contribution in [3.63, 3.8) is 0 Å². The fourth-order valence-electron chi connectivity index (χ4n) is 1.38. The van der Waals surface area contributed by atoms with E-state index in [1.165, 1.54) is 26.0 Å². The molecule has 1 amide bonds. The standard InChI is InChI=1S/C11H13N3O5/c1-11(2,10(12)17)13-8-6(9(15)16)4-3-5-7(8)14(18)19/h3-5,13H,1-2H3,(H2,12,17)(H,15,16). The van der Waals surface area contributed by atoms with Gasteiger partial charge >= 0.3 is 5.97 Å². The first-order valence-corrected chi connectivity index (χ1v) is 5.25. The van der Waals surface area contributed by atoms with Crippen LogP contribution in [0.15, 0.2) is 18.2 Å². The molecule has 8 nitrogen and oxygen atoms in total. The number of aromatic carboxylic acids is 1. The maximum Gasteiger partial charge on any atom is 0.338 e. The van der Waals surface area contributed by atoms with Crippen LogP contribution in [-0.4, -0.2) is 27.4 Å². The Labute approximate surface area is 108 Å². The topological polar surface area (TPSA) is 136 Å². The summed E-state index contributed by atoms with van der Waals surface area (Å²) >= 11 is 0. The van der Waals surface area contributed by atoms with Crippen LogP contribution < -0.4 is 11.1 Å². The summed E-state index contributed by atoms with van der Waals surface area (Å²) in [6, 6.07) is 3.60. The molecule has 0 fully saturated rings. The third-order valence-corrected chi connectivity index (χ3v) is 2.52. The highest BCUT2D eigenvalue weighted by molar-refractivity contribution is 5.98. The van der Waals surface area contributed by atoms with Gasteiger partial charge in [-0.3, -0.25) is 14.9 Å². The number of nitrogens with zero attached hydrogens (tertiary/aromatic N) is 1. The van der Waals surface area contributed by atoms with E-state index in [1.54, 1.807) is 0 Å². The highest BCUT2D eigenvalue weighted by Gasteiger charge is 2.30. The van der Waals surface area contributed by atoms with E-state index >= 15 is 0 Å². The number of carboxylic acids is 1. The Balaban J connectivity index is 3.42. The minimum Gasteiger partial charge on any atom is -0.478 e. The Morgan fingerprint density at radius 2 is 2.00 bits per heavy atom. The predicted molar refractivity (Wildman–Crippen MR) is 67.0 cm³/mol. The molecular formula is C11H13N3O5. The Kier molecular flexibility index (Phi) is 3.74. The first-order chi connectivity index (χ1) is 8.66. The molecule has 19 heavy (non-hydrogen) atoms. The molecular weight excluding hydrogens is 254 g/mol. The van der Waals surface area contributed by atoms with Gasteiger partial charge in [-0.25, -0.2) is 4.79 Å². The molecule has 102 valence electrons. The number of nitro groups is 1. The number of benzene rings is 1. The van der Waals surface area contributed by atoms with E-state index in [0.717, 1.165) is 6.07 Å². The summed E-state index contributed by atoms with van der Waals surface area (Å²) in [5.41, 5.74) is 2.84. The summed E-state index contributed by atoms with van der Waals surface area (Å²) in [5.74, 6) is -2.10. The van der Waals surface area contributed by atoms with Crippen molar-refractivity contribution in [2.24, 2.45) is 5.73 Å². The zero-order valence-electron chi connectivity index (χ0n) is 10.3. The van der Waals surface area contributed by atoms with Gasteiger partial charge in [0.15, 0.2) is 0 Å². The number of primary amides is 1. The second-order valence-corrected chi connectivity index (χ2v) is 4.38. The van der Waals surface area contributed by atoms with Gasteiger partial charge in [-0.1, -0.05) is 6.07 Å². The van der Waals surface area contributed by atoms with Crippen LogP contribution in [0.5, 0.6) is 0 Å². The van der Waals surface area contributed by atoms with Crippen molar-refractivity contribution >= 4 is 23.3 Å². The number of nitrogens with one attached hydrogen (secondary N) is 1. The van der Waals surface area contributed by atoms with Crippen LogP contribution in [0.3, 0.4) is 0 Å². The third-order valence-electron chi connectivity index (χ3n) is 2.52. The van der Waals surface area contributed by atoms with Gasteiger partial charge in [-0.05, 0) is 19.9 Å². The largest absolute Gasteiger partial charge is 0.478 e. The summed E-state index contributed by atoms with van der Waals surface area (Å²) < 4.78 is 0. The molecule has 0 bridgehead atoms. The minimum absolute atomic E-state index is 0.246. The van der Waals surface area contributed by atoms with Gasteiger partial charge < -0.3 is 16.2 Å². The zero-order valence-corrected chi connectivity index (χ0v) is 10.3. The molecule has 0 saturated heterocycles. The number of hydrogen-bond acceptors (Lipinski definition) is 5. The van der Waals surface area contributed by atoms with Crippen molar-refractivity contribution in [3.05, 3.63) is 33.9 Å². The number of amides is 1. The highest BCUT2D eigenvalue weighted by Crippen LogP contribution is 2.30. The van der Waals surface area contributed by atoms with E-state index in [9.17, 15) is 19.7 Å². The molecule has 0 spiro atoms. The normalized spacial score (nSPS) is 10.8. The van der Waals surface area contributed by atoms with Crippen LogP contribution in [0.4, 0.5) is 11.4 Å². The Bertz CT molecular complexity index is 521. The van der Waals surface area contributed by atoms with Crippen molar-refractivity contribution < 1.29 is 19.6 Å². The number of nitro benzene ring substituents is 1. The summed E-state index contributed by atoms with van der Waals surface area (Å²) in [7, 11) is 0. The van der Waals surface area contributed by atoms with Crippen LogP contribution in [0.25, 0.3) is 0 Å². The fourth-order valence-corrected chi connectivity index (χ4v) is 1.38. The molecule has 0 aromatic heterocycles. The number of hydrogen-bond donors (Lipinski definition) is 3. The molecule has 0 aliphatic rings. The number of nitrogens with two attached hydrogens (primary N) is 1. The molecule has 0 saturated carbocycles. The SMILES string of the molecule is CC(C)(Nc1c(C(=O)O)cccc1[N+](=O)[O-])C(N)=O. The lowest BCUT2D eigenvalue weighted by atomic mass is 10.0. The maximum atomic E-state index is 11.2. The fraction of sp³-hybridized carbons (Fsp3) is 0.273. The first kappa shape index (κ1) is 14.4. The van der Waals surface area contributed by atoms with Gasteiger partial charge in [-0.2, -0.15) is 0 Å². The van der Waals surface area contributed by atoms with E-state index in [2.05, 4.69) is 5.32 Å². The van der Waals surface area contributed by atoms with E-state index in [4.69, 9.17) is 10.8 Å². The highest BCUT2D eigenvalue weighted by atomic mass is 16.6. The summed E-state index contributed by atoms with van der Waals surface area (Å²) in [5, 5.41) is 22.5. The average Bonchev–Trinajstić information content (AvgIpc) is 2.27. The predicted octanol–water partition coefficient (Wildman–Crippen LogP) is 0.969. The number of carboxylic acid groups (broad SMARTS) is 1. The van der Waals surface area contributed by atoms with E-state index < -0.39 is 28.0 Å². The summed E-state index contributed by atoms with van der Waals surface area (Å²) in [6.45, 7) is 2.80. The van der Waals surface area contributed by atoms with E-state index in [1.807, 2.05) is 0 Å². The lowest BCUT2D eigenvalue weighted by molar-refractivity contribution is -0.384. The molecule has 0 aliphatic carbocycles. The van der Waals surface area contributed by atoms with Crippen molar-refractivity contribution in [1.29, 1.82) is 0 Å². The lowest BCUT2D eigenvalue weighted by Gasteiger charge is -2.24.